The molecule has 0 bridgehead atoms. The molecule has 0 unspecified atom stereocenters. The van der Waals surface area contributed by atoms with E-state index < -0.39 is 0 Å². The van der Waals surface area contributed by atoms with Crippen LogP contribution < -0.4 is 0 Å². The fourth-order valence-electron chi connectivity index (χ4n) is 4.46. The van der Waals surface area contributed by atoms with Crippen LogP contribution in [0.3, 0.4) is 0 Å². The molecule has 3 aliphatic heterocycles. The summed E-state index contributed by atoms with van der Waals surface area (Å²) in [6, 6.07) is 3.56. The average Bonchev–Trinajstić information content (AvgIpc) is 3.32. The summed E-state index contributed by atoms with van der Waals surface area (Å²) in [5.74, 6) is 1.86. The lowest BCUT2D eigenvalue weighted by molar-refractivity contribution is 0.0752. The summed E-state index contributed by atoms with van der Waals surface area (Å²) in [7, 11) is 0. The summed E-state index contributed by atoms with van der Waals surface area (Å²) in [5.41, 5.74) is 0. The fourth-order valence-corrected chi connectivity index (χ4v) is 4.46. The van der Waals surface area contributed by atoms with Crippen LogP contribution >= 0.6 is 0 Å². The third kappa shape index (κ3) is 3.31. The Kier molecular flexibility index (Phi) is 4.40. The monoisotopic (exact) mass is 317 g/mol. The van der Waals surface area contributed by atoms with E-state index in [0.717, 1.165) is 19.6 Å². The molecular formula is C18H27N3O2. The lowest BCUT2D eigenvalue weighted by Gasteiger charge is -2.35. The number of nitrogens with zero attached hydrogens (tertiary/aromatic N) is 3. The minimum absolute atomic E-state index is 0.0630. The van der Waals surface area contributed by atoms with Gasteiger partial charge in [-0.05, 0) is 62.9 Å². The van der Waals surface area contributed by atoms with E-state index in [2.05, 4.69) is 9.80 Å². The Morgan fingerprint density at radius 2 is 1.83 bits per heavy atom. The molecule has 126 valence electrons. The smallest absolute Gasteiger partial charge is 0.289 e. The Hall–Kier alpha value is -1.33. The first-order chi connectivity index (χ1) is 11.3. The van der Waals surface area contributed by atoms with E-state index in [9.17, 15) is 4.79 Å². The van der Waals surface area contributed by atoms with Crippen LogP contribution in [-0.4, -0.2) is 73.0 Å². The number of carbonyl (C=O) groups excluding carboxylic acids is 1. The van der Waals surface area contributed by atoms with Crippen molar-refractivity contribution in [2.24, 2.45) is 11.8 Å². The highest BCUT2D eigenvalue weighted by atomic mass is 16.3. The second-order valence-corrected chi connectivity index (χ2v) is 7.35. The minimum atomic E-state index is 0.0630. The summed E-state index contributed by atoms with van der Waals surface area (Å²) in [4.78, 5) is 19.6. The third-order valence-electron chi connectivity index (χ3n) is 5.84. The lowest BCUT2D eigenvalue weighted by Crippen LogP contribution is -2.43. The summed E-state index contributed by atoms with van der Waals surface area (Å²) in [6.07, 6.45) is 5.55. The second kappa shape index (κ2) is 6.65. The molecule has 4 rings (SSSR count). The van der Waals surface area contributed by atoms with Crippen LogP contribution in [-0.2, 0) is 0 Å². The molecule has 3 fully saturated rings. The van der Waals surface area contributed by atoms with Crippen LogP contribution in [0.2, 0.25) is 0 Å². The number of amides is 1. The highest BCUT2D eigenvalue weighted by Crippen LogP contribution is 2.32. The predicted molar refractivity (Wildman–Crippen MR) is 88.3 cm³/mol. The highest BCUT2D eigenvalue weighted by molar-refractivity contribution is 5.91. The van der Waals surface area contributed by atoms with Gasteiger partial charge >= 0.3 is 0 Å². The molecule has 23 heavy (non-hydrogen) atoms. The van der Waals surface area contributed by atoms with E-state index in [0.29, 0.717) is 17.6 Å². The van der Waals surface area contributed by atoms with Crippen LogP contribution in [0.25, 0.3) is 0 Å². The van der Waals surface area contributed by atoms with Crippen LogP contribution in [0.1, 0.15) is 29.8 Å². The van der Waals surface area contributed by atoms with Crippen molar-refractivity contribution in [2.45, 2.75) is 19.3 Å². The van der Waals surface area contributed by atoms with Crippen molar-refractivity contribution in [1.82, 2.24) is 14.7 Å². The number of rotatable bonds is 4. The van der Waals surface area contributed by atoms with Crippen molar-refractivity contribution in [1.29, 1.82) is 0 Å². The fraction of sp³-hybridized carbons (Fsp3) is 0.722. The standard InChI is InChI=1S/C18H27N3O2/c22-18(17-4-3-11-23-17)21-13-15-5-8-20(12-16(15)14-21)10-9-19-6-1-2-7-19/h3-4,11,15-16H,1-2,5-10,12-14H2/t15-,16+/m0/s1. The topological polar surface area (TPSA) is 39.9 Å². The van der Waals surface area contributed by atoms with Crippen molar-refractivity contribution in [2.75, 3.05) is 52.4 Å². The van der Waals surface area contributed by atoms with Crippen molar-refractivity contribution in [3.05, 3.63) is 24.2 Å². The molecule has 3 aliphatic rings. The molecule has 0 radical (unpaired) electrons. The van der Waals surface area contributed by atoms with Crippen LogP contribution in [0, 0.1) is 11.8 Å². The number of furan rings is 1. The maximum absolute atomic E-state index is 12.4. The van der Waals surface area contributed by atoms with Gasteiger partial charge in [0.2, 0.25) is 0 Å². The molecule has 5 heteroatoms. The van der Waals surface area contributed by atoms with Gasteiger partial charge in [-0.15, -0.1) is 0 Å². The summed E-state index contributed by atoms with van der Waals surface area (Å²) < 4.78 is 5.27. The van der Waals surface area contributed by atoms with E-state index in [4.69, 9.17) is 4.42 Å². The molecule has 0 N–H and O–H groups in total. The Labute approximate surface area is 138 Å². The molecule has 4 heterocycles. The van der Waals surface area contributed by atoms with Gasteiger partial charge in [-0.1, -0.05) is 0 Å². The molecule has 0 spiro atoms. The number of likely N-dealkylation sites (tertiary alicyclic amines) is 3. The predicted octanol–water partition coefficient (Wildman–Crippen LogP) is 1.77. The molecule has 2 atom stereocenters. The van der Waals surface area contributed by atoms with Gasteiger partial charge in [0.05, 0.1) is 6.26 Å². The molecule has 1 aromatic heterocycles. The second-order valence-electron chi connectivity index (χ2n) is 7.35. The van der Waals surface area contributed by atoms with Crippen molar-refractivity contribution in [3.63, 3.8) is 0 Å². The van der Waals surface area contributed by atoms with E-state index in [1.807, 2.05) is 4.90 Å². The molecule has 3 saturated heterocycles. The summed E-state index contributed by atoms with van der Waals surface area (Å²) >= 11 is 0. The Bertz CT molecular complexity index is 524. The van der Waals surface area contributed by atoms with Crippen molar-refractivity contribution >= 4 is 5.91 Å². The molecule has 1 amide bonds. The first-order valence-electron chi connectivity index (χ1n) is 9.07. The zero-order valence-corrected chi connectivity index (χ0v) is 13.8. The minimum Gasteiger partial charge on any atom is -0.459 e. The maximum Gasteiger partial charge on any atom is 0.289 e. The van der Waals surface area contributed by atoms with E-state index in [-0.39, 0.29) is 5.91 Å². The number of hydrogen-bond acceptors (Lipinski definition) is 4. The van der Waals surface area contributed by atoms with Gasteiger partial charge in [-0.3, -0.25) is 4.79 Å². The van der Waals surface area contributed by atoms with Crippen LogP contribution in [0.5, 0.6) is 0 Å². The van der Waals surface area contributed by atoms with Gasteiger partial charge in [0, 0.05) is 32.7 Å². The van der Waals surface area contributed by atoms with Crippen molar-refractivity contribution in [3.8, 4) is 0 Å². The molecule has 0 saturated carbocycles. The molecule has 0 aromatic carbocycles. The molecule has 5 nitrogen and oxygen atoms in total. The van der Waals surface area contributed by atoms with Gasteiger partial charge in [-0.2, -0.15) is 0 Å². The van der Waals surface area contributed by atoms with Crippen molar-refractivity contribution < 1.29 is 9.21 Å². The largest absolute Gasteiger partial charge is 0.459 e. The SMILES string of the molecule is O=C(c1ccco1)N1C[C@H]2CN(CCN3CCCC3)CC[C@H]2C1. The van der Waals surface area contributed by atoms with Gasteiger partial charge in [0.15, 0.2) is 5.76 Å². The third-order valence-corrected chi connectivity index (χ3v) is 5.84. The van der Waals surface area contributed by atoms with Gasteiger partial charge in [0.1, 0.15) is 0 Å². The zero-order chi connectivity index (χ0) is 15.6. The van der Waals surface area contributed by atoms with Gasteiger partial charge in [0.25, 0.3) is 5.91 Å². The average molecular weight is 317 g/mol. The van der Waals surface area contributed by atoms with Crippen LogP contribution in [0.15, 0.2) is 22.8 Å². The normalized spacial score (nSPS) is 29.1. The van der Waals surface area contributed by atoms with E-state index in [1.165, 1.54) is 52.0 Å². The van der Waals surface area contributed by atoms with Gasteiger partial charge < -0.3 is 19.1 Å². The maximum atomic E-state index is 12.4. The van der Waals surface area contributed by atoms with E-state index in [1.54, 1.807) is 18.4 Å². The lowest BCUT2D eigenvalue weighted by atomic mass is 9.89. The Morgan fingerprint density at radius 3 is 2.61 bits per heavy atom. The molecular weight excluding hydrogens is 290 g/mol. The quantitative estimate of drug-likeness (QED) is 0.848. The number of piperidine rings is 1. The first-order valence-corrected chi connectivity index (χ1v) is 9.07. The first kappa shape index (κ1) is 15.2. The summed E-state index contributed by atoms with van der Waals surface area (Å²) in [5, 5.41) is 0. The van der Waals surface area contributed by atoms with E-state index >= 15 is 0 Å². The number of fused-ring (bicyclic) bond motifs is 1. The number of carbonyl (C=O) groups is 1. The van der Waals surface area contributed by atoms with Gasteiger partial charge in [-0.25, -0.2) is 0 Å². The highest BCUT2D eigenvalue weighted by Gasteiger charge is 2.39. The number of hydrogen-bond donors (Lipinski definition) is 0. The molecule has 1 aromatic rings. The summed E-state index contributed by atoms with van der Waals surface area (Å²) in [6.45, 7) is 9.12. The Balaban J connectivity index is 1.29. The zero-order valence-electron chi connectivity index (χ0n) is 13.8. The van der Waals surface area contributed by atoms with Crippen LogP contribution in [0.4, 0.5) is 0 Å². The molecule has 0 aliphatic carbocycles. The Morgan fingerprint density at radius 1 is 1.04 bits per heavy atom.